The van der Waals surface area contributed by atoms with E-state index in [1.54, 1.807) is 16.7 Å². The molecule has 2 N–H and O–H groups in total. The lowest BCUT2D eigenvalue weighted by molar-refractivity contribution is -0.0857. The van der Waals surface area contributed by atoms with E-state index in [2.05, 4.69) is 56.9 Å². The highest BCUT2D eigenvalue weighted by atomic mass is 16.3. The topological polar surface area (TPSA) is 40.5 Å². The van der Waals surface area contributed by atoms with E-state index in [1.165, 1.54) is 63.4 Å². The zero-order valence-electron chi connectivity index (χ0n) is 27.7. The predicted octanol–water partition coefficient (Wildman–Crippen LogP) is 8.78. The summed E-state index contributed by atoms with van der Waals surface area (Å²) in [5.41, 5.74) is 4.58. The van der Waals surface area contributed by atoms with Crippen LogP contribution in [0.5, 0.6) is 0 Å². The van der Waals surface area contributed by atoms with Gasteiger partial charge >= 0.3 is 0 Å². The minimum Gasteiger partial charge on any atom is -0.377 e. The van der Waals surface area contributed by atoms with Crippen LogP contribution in [0.4, 0.5) is 0 Å². The van der Waals surface area contributed by atoms with E-state index in [0.29, 0.717) is 23.7 Å². The lowest BCUT2D eigenvalue weighted by atomic mass is 9.50. The van der Waals surface area contributed by atoms with Gasteiger partial charge in [-0.1, -0.05) is 62.5 Å². The first-order valence-electron chi connectivity index (χ1n) is 18.3. The van der Waals surface area contributed by atoms with Gasteiger partial charge < -0.3 is 10.2 Å². The molecule has 0 radical (unpaired) electrons. The molecular weight excluding hydrogens is 536 g/mol. The number of terminal acetylenes is 2. The lowest BCUT2D eigenvalue weighted by Crippen LogP contribution is -2.52. The SMILES string of the molecule is C#CC1(O)CCC2C3CCC4=CCCCC4C3CCC21C.C#CC1(O)CCC2C3CCc4cc(CC)ccc4C3CCC21C. The highest BCUT2D eigenvalue weighted by Gasteiger charge is 2.62. The highest BCUT2D eigenvalue weighted by molar-refractivity contribution is 5.39. The summed E-state index contributed by atoms with van der Waals surface area (Å²) in [4.78, 5) is 0. The third-order valence-corrected chi connectivity index (χ3v) is 15.4. The molecule has 5 saturated carbocycles. The van der Waals surface area contributed by atoms with Gasteiger partial charge in [0.1, 0.15) is 11.2 Å². The molecule has 0 aliphatic heterocycles. The van der Waals surface area contributed by atoms with E-state index in [4.69, 9.17) is 12.8 Å². The van der Waals surface area contributed by atoms with Crippen LogP contribution in [0.25, 0.3) is 0 Å². The Kier molecular flexibility index (Phi) is 7.71. The van der Waals surface area contributed by atoms with Crippen molar-refractivity contribution < 1.29 is 10.2 Å². The fourth-order valence-electron chi connectivity index (χ4n) is 12.7. The summed E-state index contributed by atoms with van der Waals surface area (Å²) in [6, 6.07) is 7.16. The van der Waals surface area contributed by atoms with E-state index < -0.39 is 11.2 Å². The predicted molar refractivity (Wildman–Crippen MR) is 180 cm³/mol. The molecule has 0 saturated heterocycles. The average molecular weight is 593 g/mol. The molecule has 8 rings (SSSR count). The van der Waals surface area contributed by atoms with Crippen molar-refractivity contribution in [3.63, 3.8) is 0 Å². The van der Waals surface area contributed by atoms with E-state index in [1.807, 2.05) is 0 Å². The molecule has 1 aromatic carbocycles. The molecule has 236 valence electrons. The Morgan fingerprint density at radius 3 is 2.09 bits per heavy atom. The summed E-state index contributed by atoms with van der Waals surface area (Å²) in [6.45, 7) is 6.78. The van der Waals surface area contributed by atoms with Crippen LogP contribution in [0.15, 0.2) is 29.8 Å². The summed E-state index contributed by atoms with van der Waals surface area (Å²) < 4.78 is 0. The number of hydrogen-bond acceptors (Lipinski definition) is 2. The fraction of sp³-hybridized carbons (Fsp3) is 0.714. The molecular formula is C42H56O2. The van der Waals surface area contributed by atoms with Crippen LogP contribution in [0.3, 0.4) is 0 Å². The van der Waals surface area contributed by atoms with Gasteiger partial charge in [0, 0.05) is 10.8 Å². The van der Waals surface area contributed by atoms with Crippen molar-refractivity contribution in [1.82, 2.24) is 0 Å². The van der Waals surface area contributed by atoms with Crippen LogP contribution in [-0.4, -0.2) is 21.4 Å². The maximum atomic E-state index is 11.0. The minimum absolute atomic E-state index is 0.0290. The van der Waals surface area contributed by atoms with Gasteiger partial charge in [-0.2, -0.15) is 0 Å². The quantitative estimate of drug-likeness (QED) is 0.253. The molecule has 0 amide bonds. The third kappa shape index (κ3) is 4.37. The zero-order chi connectivity index (χ0) is 30.9. The summed E-state index contributed by atoms with van der Waals surface area (Å²) in [5.74, 6) is 10.7. The third-order valence-electron chi connectivity index (χ3n) is 15.4. The normalized spacial score (nSPS) is 46.6. The first-order valence-corrected chi connectivity index (χ1v) is 18.3. The maximum absolute atomic E-state index is 11.0. The molecule has 2 heteroatoms. The molecule has 5 fully saturated rings. The van der Waals surface area contributed by atoms with Gasteiger partial charge in [-0.05, 0) is 161 Å². The number of aliphatic hydroxyl groups is 2. The summed E-state index contributed by atoms with van der Waals surface area (Å²) >= 11 is 0. The van der Waals surface area contributed by atoms with Crippen LogP contribution in [0.2, 0.25) is 0 Å². The van der Waals surface area contributed by atoms with E-state index in [-0.39, 0.29) is 10.8 Å². The maximum Gasteiger partial charge on any atom is 0.130 e. The van der Waals surface area contributed by atoms with E-state index >= 15 is 0 Å². The number of allylic oxidation sites excluding steroid dienone is 2. The summed E-state index contributed by atoms with van der Waals surface area (Å²) in [5, 5.41) is 21.9. The smallest absolute Gasteiger partial charge is 0.130 e. The van der Waals surface area contributed by atoms with Crippen LogP contribution in [0.1, 0.15) is 133 Å². The second kappa shape index (κ2) is 11.1. The molecule has 2 nitrogen and oxygen atoms in total. The molecule has 11 atom stereocenters. The van der Waals surface area contributed by atoms with Gasteiger partial charge in [-0.15, -0.1) is 12.8 Å². The van der Waals surface area contributed by atoms with Crippen molar-refractivity contribution in [2.24, 2.45) is 46.3 Å². The van der Waals surface area contributed by atoms with Gasteiger partial charge in [0.05, 0.1) is 0 Å². The average Bonchev–Trinajstić information content (AvgIpc) is 3.50. The van der Waals surface area contributed by atoms with Gasteiger partial charge in [-0.25, -0.2) is 0 Å². The van der Waals surface area contributed by atoms with Crippen molar-refractivity contribution in [3.05, 3.63) is 46.5 Å². The largest absolute Gasteiger partial charge is 0.377 e. The molecule has 1 aromatic rings. The number of rotatable bonds is 1. The van der Waals surface area contributed by atoms with Crippen LogP contribution >= 0.6 is 0 Å². The number of benzene rings is 1. The summed E-state index contributed by atoms with van der Waals surface area (Å²) in [7, 11) is 0. The molecule has 0 heterocycles. The summed E-state index contributed by atoms with van der Waals surface area (Å²) in [6.07, 6.45) is 32.9. The van der Waals surface area contributed by atoms with Gasteiger partial charge in [0.2, 0.25) is 0 Å². The Hall–Kier alpha value is -2.00. The lowest BCUT2D eigenvalue weighted by Gasteiger charge is -2.54. The van der Waals surface area contributed by atoms with Gasteiger partial charge in [0.15, 0.2) is 0 Å². The Bertz CT molecular complexity index is 1390. The van der Waals surface area contributed by atoms with Crippen molar-refractivity contribution in [2.45, 2.75) is 141 Å². The van der Waals surface area contributed by atoms with Crippen molar-refractivity contribution in [3.8, 4) is 24.7 Å². The monoisotopic (exact) mass is 592 g/mol. The molecule has 0 aromatic heterocycles. The standard InChI is InChI=1S/C22H28O.C20H28O/c1-4-15-6-8-17-16(14-15)7-9-19-18(17)10-12-21(3)20(19)11-13-22(21,23)5-2;1-3-20(21)13-11-18-17-9-8-14-6-4-5-7-15(14)16(17)10-12-19(18,20)2/h2,6,8,14,18-20,23H,4,7,9-13H2,1,3H3;1,6,15-18,21H,4-5,7-13H2,2H3. The minimum atomic E-state index is -0.880. The van der Waals surface area contributed by atoms with Crippen molar-refractivity contribution in [1.29, 1.82) is 0 Å². The number of fused-ring (bicyclic) bond motifs is 10. The Morgan fingerprint density at radius 2 is 1.41 bits per heavy atom. The fourth-order valence-corrected chi connectivity index (χ4v) is 12.7. The van der Waals surface area contributed by atoms with Gasteiger partial charge in [0.25, 0.3) is 0 Å². The first-order chi connectivity index (χ1) is 21.1. The molecule has 7 aliphatic rings. The molecule has 7 aliphatic carbocycles. The first kappa shape index (κ1) is 30.6. The second-order valence-electron chi connectivity index (χ2n) is 16.6. The van der Waals surface area contributed by atoms with Crippen LogP contribution in [0, 0.1) is 71.0 Å². The second-order valence-corrected chi connectivity index (χ2v) is 16.6. The molecule has 44 heavy (non-hydrogen) atoms. The Morgan fingerprint density at radius 1 is 0.750 bits per heavy atom. The highest BCUT2D eigenvalue weighted by Crippen LogP contribution is 2.66. The molecule has 0 bridgehead atoms. The van der Waals surface area contributed by atoms with Crippen molar-refractivity contribution >= 4 is 0 Å². The molecule has 0 spiro atoms. The number of hydrogen-bond donors (Lipinski definition) is 2. The van der Waals surface area contributed by atoms with E-state index in [9.17, 15) is 10.2 Å². The van der Waals surface area contributed by atoms with Gasteiger partial charge in [-0.3, -0.25) is 0 Å². The molecule has 11 unspecified atom stereocenters. The van der Waals surface area contributed by atoms with E-state index in [0.717, 1.165) is 62.7 Å². The number of aryl methyl sites for hydroxylation is 2. The van der Waals surface area contributed by atoms with Crippen LogP contribution < -0.4 is 0 Å². The zero-order valence-corrected chi connectivity index (χ0v) is 27.7. The Balaban J connectivity index is 0.000000143. The Labute approximate surface area is 267 Å². The van der Waals surface area contributed by atoms with Crippen LogP contribution in [-0.2, 0) is 12.8 Å². The van der Waals surface area contributed by atoms with Crippen molar-refractivity contribution in [2.75, 3.05) is 0 Å².